The van der Waals surface area contributed by atoms with Gasteiger partial charge in [0.15, 0.2) is 5.78 Å². The van der Waals surface area contributed by atoms with Gasteiger partial charge in [0, 0.05) is 56.3 Å². The normalized spacial score (nSPS) is 14.7. The summed E-state index contributed by atoms with van der Waals surface area (Å²) in [6.45, 7) is 14.3. The molecule has 0 aliphatic carbocycles. The number of hydrogen-bond acceptors (Lipinski definition) is 8. The van der Waals surface area contributed by atoms with E-state index < -0.39 is 0 Å². The highest BCUT2D eigenvalue weighted by Gasteiger charge is 2.22. The second-order valence-electron chi connectivity index (χ2n) is 11.3. The Morgan fingerprint density at radius 3 is 2.49 bits per heavy atom. The van der Waals surface area contributed by atoms with Crippen molar-refractivity contribution in [1.82, 2.24) is 39.6 Å². The largest absolute Gasteiger partial charge is 0.368 e. The Morgan fingerprint density at radius 2 is 1.79 bits per heavy atom. The second kappa shape index (κ2) is 10.7. The average molecular weight is 528 g/mol. The van der Waals surface area contributed by atoms with Gasteiger partial charge in [-0.3, -0.25) is 19.4 Å². The number of hydrogen-bond donors (Lipinski definition) is 0. The highest BCUT2D eigenvalue weighted by Crippen LogP contribution is 2.24. The number of aryl methyl sites for hydroxylation is 2. The molecule has 5 rings (SSSR count). The molecule has 1 saturated heterocycles. The molecule has 0 unspecified atom stereocenters. The molecule has 4 aromatic rings. The van der Waals surface area contributed by atoms with E-state index in [0.717, 1.165) is 72.2 Å². The fourth-order valence-corrected chi connectivity index (χ4v) is 4.88. The van der Waals surface area contributed by atoms with E-state index >= 15 is 0 Å². The fraction of sp³-hybridized carbons (Fsp3) is 0.448. The Labute approximate surface area is 229 Å². The van der Waals surface area contributed by atoms with Crippen LogP contribution in [-0.4, -0.2) is 78.7 Å². The molecule has 39 heavy (non-hydrogen) atoms. The first-order valence-corrected chi connectivity index (χ1v) is 13.5. The van der Waals surface area contributed by atoms with Gasteiger partial charge in [-0.25, -0.2) is 4.68 Å². The number of ketones is 1. The summed E-state index contributed by atoms with van der Waals surface area (Å²) < 4.78 is 3.67. The van der Waals surface area contributed by atoms with E-state index in [1.165, 1.54) is 0 Å². The summed E-state index contributed by atoms with van der Waals surface area (Å²) in [4.78, 5) is 26.9. The van der Waals surface area contributed by atoms with Gasteiger partial charge in [0.2, 0.25) is 0 Å². The average Bonchev–Trinajstić information content (AvgIpc) is 3.58. The van der Waals surface area contributed by atoms with Crippen molar-refractivity contribution in [2.45, 2.75) is 53.0 Å². The molecule has 10 heteroatoms. The lowest BCUT2D eigenvalue weighted by atomic mass is 10.1. The monoisotopic (exact) mass is 527 g/mol. The number of likely N-dealkylation sites (N-methyl/N-ethyl adjacent to an activating group) is 1. The maximum atomic E-state index is 13.2. The Morgan fingerprint density at radius 1 is 1.03 bits per heavy atom. The smallest absolute Gasteiger partial charge is 0.187 e. The molecule has 0 N–H and O–H groups in total. The summed E-state index contributed by atoms with van der Waals surface area (Å²) in [5.41, 5.74) is 6.49. The number of carbonyl (C=O) groups excluding carboxylic acids is 1. The molecular formula is C29H37N9O. The third-order valence-corrected chi connectivity index (χ3v) is 7.18. The lowest BCUT2D eigenvalue weighted by Crippen LogP contribution is -2.44. The molecule has 0 atom stereocenters. The predicted octanol–water partition coefficient (Wildman–Crippen LogP) is 3.72. The first kappa shape index (κ1) is 26.7. The Bertz CT molecular complexity index is 1470. The molecule has 0 amide bonds. The zero-order valence-corrected chi connectivity index (χ0v) is 23.7. The molecule has 0 aromatic carbocycles. The van der Waals surface area contributed by atoms with Crippen molar-refractivity contribution >= 4 is 11.5 Å². The minimum atomic E-state index is -0.188. The van der Waals surface area contributed by atoms with Gasteiger partial charge in [-0.1, -0.05) is 12.1 Å². The molecule has 204 valence electrons. The van der Waals surface area contributed by atoms with E-state index in [-0.39, 0.29) is 17.7 Å². The Hall–Kier alpha value is -3.92. The van der Waals surface area contributed by atoms with Gasteiger partial charge in [-0.2, -0.15) is 5.10 Å². The maximum Gasteiger partial charge on any atom is 0.187 e. The van der Waals surface area contributed by atoms with E-state index in [4.69, 9.17) is 0 Å². The number of carbonyl (C=O) groups is 1. The minimum Gasteiger partial charge on any atom is -0.368 e. The lowest BCUT2D eigenvalue weighted by Gasteiger charge is -2.33. The number of piperazine rings is 1. The molecule has 5 heterocycles. The fourth-order valence-electron chi connectivity index (χ4n) is 4.88. The zero-order chi connectivity index (χ0) is 27.7. The third-order valence-electron chi connectivity index (χ3n) is 7.18. The van der Waals surface area contributed by atoms with E-state index in [0.29, 0.717) is 5.69 Å². The van der Waals surface area contributed by atoms with E-state index in [1.807, 2.05) is 42.3 Å². The number of rotatable bonds is 7. The number of anilines is 1. The molecular weight excluding hydrogens is 490 g/mol. The van der Waals surface area contributed by atoms with E-state index in [1.54, 1.807) is 10.9 Å². The van der Waals surface area contributed by atoms with E-state index in [9.17, 15) is 4.79 Å². The van der Waals surface area contributed by atoms with Crippen LogP contribution in [0.4, 0.5) is 5.69 Å². The zero-order valence-electron chi connectivity index (χ0n) is 23.7. The van der Waals surface area contributed by atoms with Gasteiger partial charge in [-0.15, -0.1) is 5.10 Å². The first-order chi connectivity index (χ1) is 18.6. The molecule has 0 bridgehead atoms. The van der Waals surface area contributed by atoms with Crippen LogP contribution in [0.5, 0.6) is 0 Å². The molecule has 1 aliphatic heterocycles. The van der Waals surface area contributed by atoms with Crippen molar-refractivity contribution in [2.24, 2.45) is 0 Å². The van der Waals surface area contributed by atoms with Gasteiger partial charge < -0.3 is 9.80 Å². The molecule has 0 saturated carbocycles. The van der Waals surface area contributed by atoms with Crippen molar-refractivity contribution in [3.63, 3.8) is 0 Å². The SMILES string of the molecule is CCc1cc(C(=O)Cc2cnc(C)c(-n3cc(-c4cncc(N5CCN(C)CC5)c4)nn3)c2)nn1C(C)(C)C. The number of nitrogens with zero attached hydrogens (tertiary/aromatic N) is 9. The van der Waals surface area contributed by atoms with Crippen LogP contribution >= 0.6 is 0 Å². The van der Waals surface area contributed by atoms with Crippen LogP contribution in [0, 0.1) is 6.92 Å². The van der Waals surface area contributed by atoms with Crippen LogP contribution in [0.25, 0.3) is 16.9 Å². The van der Waals surface area contributed by atoms with Crippen LogP contribution in [0.15, 0.2) is 43.0 Å². The van der Waals surface area contributed by atoms with Crippen molar-refractivity contribution in [1.29, 1.82) is 0 Å². The van der Waals surface area contributed by atoms with Crippen LogP contribution < -0.4 is 4.90 Å². The van der Waals surface area contributed by atoms with Gasteiger partial charge in [-0.05, 0) is 64.9 Å². The van der Waals surface area contributed by atoms with Gasteiger partial charge in [0.1, 0.15) is 11.4 Å². The molecule has 10 nitrogen and oxygen atoms in total. The van der Waals surface area contributed by atoms with Crippen molar-refractivity contribution in [3.05, 3.63) is 65.6 Å². The summed E-state index contributed by atoms with van der Waals surface area (Å²) >= 11 is 0. The van der Waals surface area contributed by atoms with Crippen LogP contribution in [-0.2, 0) is 18.4 Å². The molecule has 0 spiro atoms. The summed E-state index contributed by atoms with van der Waals surface area (Å²) in [6.07, 6.45) is 8.38. The second-order valence-corrected chi connectivity index (χ2v) is 11.3. The summed E-state index contributed by atoms with van der Waals surface area (Å²) in [6, 6.07) is 5.98. The predicted molar refractivity (Wildman–Crippen MR) is 151 cm³/mol. The first-order valence-electron chi connectivity index (χ1n) is 13.5. The number of aromatic nitrogens is 7. The third kappa shape index (κ3) is 5.75. The van der Waals surface area contributed by atoms with Gasteiger partial charge in [0.25, 0.3) is 0 Å². The standard InChI is InChI=1S/C29H37N9O/c1-7-23-15-25(33-38(23)29(3,4)5)28(39)13-21-12-27(20(2)31-16-21)37-19-26(32-34-37)22-14-24(18-30-17-22)36-10-8-35(6)9-11-36/h12,14-19H,7-11,13H2,1-6H3. The highest BCUT2D eigenvalue weighted by atomic mass is 16.1. The number of Topliss-reactive ketones (excluding diaryl/α,β-unsaturated/α-hetero) is 1. The molecule has 1 fully saturated rings. The molecule has 0 radical (unpaired) electrons. The minimum absolute atomic E-state index is 0.0321. The van der Waals surface area contributed by atoms with Crippen molar-refractivity contribution < 1.29 is 4.79 Å². The van der Waals surface area contributed by atoms with Crippen LogP contribution in [0.1, 0.15) is 55.1 Å². The Kier molecular flexibility index (Phi) is 7.31. The van der Waals surface area contributed by atoms with E-state index in [2.05, 4.69) is 76.0 Å². The Balaban J connectivity index is 1.36. The lowest BCUT2D eigenvalue weighted by molar-refractivity contribution is 0.0986. The topological polar surface area (TPSA) is 97.9 Å². The summed E-state index contributed by atoms with van der Waals surface area (Å²) in [5.74, 6) is -0.0321. The quantitative estimate of drug-likeness (QED) is 0.336. The number of pyridine rings is 2. The van der Waals surface area contributed by atoms with Crippen LogP contribution in [0.2, 0.25) is 0 Å². The van der Waals surface area contributed by atoms with Crippen molar-refractivity contribution in [2.75, 3.05) is 38.1 Å². The summed E-state index contributed by atoms with van der Waals surface area (Å²) in [7, 11) is 2.15. The summed E-state index contributed by atoms with van der Waals surface area (Å²) in [5, 5.41) is 13.4. The van der Waals surface area contributed by atoms with Gasteiger partial charge in [0.05, 0.1) is 35.0 Å². The highest BCUT2D eigenvalue weighted by molar-refractivity contribution is 5.95. The van der Waals surface area contributed by atoms with Gasteiger partial charge >= 0.3 is 0 Å². The van der Waals surface area contributed by atoms with Crippen molar-refractivity contribution in [3.8, 4) is 16.9 Å². The molecule has 4 aromatic heterocycles. The van der Waals surface area contributed by atoms with Crippen LogP contribution in [0.3, 0.4) is 0 Å². The molecule has 1 aliphatic rings. The maximum absolute atomic E-state index is 13.2.